The number of sulfonamides is 1. The van der Waals surface area contributed by atoms with E-state index in [-0.39, 0.29) is 0 Å². The zero-order chi connectivity index (χ0) is 16.5. The van der Waals surface area contributed by atoms with Gasteiger partial charge < -0.3 is 4.74 Å². The lowest BCUT2D eigenvalue weighted by Gasteiger charge is -2.26. The molecule has 0 unspecified atom stereocenters. The number of ether oxygens (including phenoxy) is 1. The molecule has 1 N–H and O–H groups in total. The number of morpholine rings is 1. The smallest absolute Gasteiger partial charge is 0.240 e. The third-order valence-corrected chi connectivity index (χ3v) is 5.58. The van der Waals surface area contributed by atoms with Crippen LogP contribution in [-0.2, 0) is 21.2 Å². The summed E-state index contributed by atoms with van der Waals surface area (Å²) in [7, 11) is -3.39. The van der Waals surface area contributed by atoms with Crippen molar-refractivity contribution in [3.05, 3.63) is 29.8 Å². The molecule has 1 fully saturated rings. The molecular formula is C17H28N2O3S. The van der Waals surface area contributed by atoms with Crippen LogP contribution >= 0.6 is 0 Å². The summed E-state index contributed by atoms with van der Waals surface area (Å²) in [5.41, 5.74) is 1.19. The maximum Gasteiger partial charge on any atom is 0.240 e. The fourth-order valence-corrected chi connectivity index (χ4v) is 3.71. The lowest BCUT2D eigenvalue weighted by Crippen LogP contribution is -2.38. The summed E-state index contributed by atoms with van der Waals surface area (Å²) in [6.45, 7) is 6.95. The van der Waals surface area contributed by atoms with E-state index in [1.807, 2.05) is 12.1 Å². The van der Waals surface area contributed by atoms with Gasteiger partial charge in [-0.25, -0.2) is 13.1 Å². The fraction of sp³-hybridized carbons (Fsp3) is 0.647. The minimum Gasteiger partial charge on any atom is -0.379 e. The molecule has 6 heteroatoms. The predicted octanol–water partition coefficient (Wildman–Crippen LogP) is 2.03. The standard InChI is InChI=1S/C17H28N2O3S/c1-2-3-5-16-6-8-17(9-7-16)23(20,21)18-10-4-11-19-12-14-22-15-13-19/h6-9,18H,2-5,10-15H2,1H3. The van der Waals surface area contributed by atoms with Gasteiger partial charge in [0.05, 0.1) is 18.1 Å². The first-order chi connectivity index (χ1) is 11.1. The van der Waals surface area contributed by atoms with E-state index in [2.05, 4.69) is 16.5 Å². The Labute approximate surface area is 140 Å². The molecule has 0 amide bonds. The van der Waals surface area contributed by atoms with Crippen LogP contribution in [-0.4, -0.2) is 52.7 Å². The molecule has 23 heavy (non-hydrogen) atoms. The van der Waals surface area contributed by atoms with Crippen LogP contribution < -0.4 is 4.72 Å². The molecule has 1 aromatic rings. The highest BCUT2D eigenvalue weighted by atomic mass is 32.2. The molecule has 1 heterocycles. The Bertz CT molecular complexity index is 552. The minimum atomic E-state index is -3.39. The number of aryl methyl sites for hydroxylation is 1. The molecule has 5 nitrogen and oxygen atoms in total. The molecule has 1 aliphatic heterocycles. The van der Waals surface area contributed by atoms with Gasteiger partial charge in [-0.2, -0.15) is 0 Å². The van der Waals surface area contributed by atoms with E-state index in [1.54, 1.807) is 12.1 Å². The van der Waals surface area contributed by atoms with Gasteiger partial charge in [-0.15, -0.1) is 0 Å². The first kappa shape index (κ1) is 18.4. The van der Waals surface area contributed by atoms with Gasteiger partial charge in [0, 0.05) is 19.6 Å². The van der Waals surface area contributed by atoms with Crippen LogP contribution in [0.1, 0.15) is 31.7 Å². The summed E-state index contributed by atoms with van der Waals surface area (Å²) in [4.78, 5) is 2.66. The first-order valence-corrected chi connectivity index (χ1v) is 9.99. The number of benzene rings is 1. The van der Waals surface area contributed by atoms with E-state index in [1.165, 1.54) is 5.56 Å². The molecule has 0 radical (unpaired) electrons. The van der Waals surface area contributed by atoms with Gasteiger partial charge >= 0.3 is 0 Å². The average molecular weight is 340 g/mol. The zero-order valence-electron chi connectivity index (χ0n) is 14.0. The van der Waals surface area contributed by atoms with E-state index in [0.29, 0.717) is 11.4 Å². The third-order valence-electron chi connectivity index (χ3n) is 4.10. The second-order valence-corrected chi connectivity index (χ2v) is 7.72. The predicted molar refractivity (Wildman–Crippen MR) is 92.1 cm³/mol. The zero-order valence-corrected chi connectivity index (χ0v) is 14.8. The maximum atomic E-state index is 12.3. The highest BCUT2D eigenvalue weighted by Gasteiger charge is 2.14. The number of nitrogens with one attached hydrogen (secondary N) is 1. The van der Waals surface area contributed by atoms with Gasteiger partial charge in [-0.05, 0) is 43.5 Å². The molecule has 130 valence electrons. The van der Waals surface area contributed by atoms with Crippen LogP contribution in [0.2, 0.25) is 0 Å². The van der Waals surface area contributed by atoms with Gasteiger partial charge in [0.25, 0.3) is 0 Å². The Morgan fingerprint density at radius 1 is 1.13 bits per heavy atom. The molecule has 1 aliphatic rings. The Morgan fingerprint density at radius 3 is 2.48 bits per heavy atom. The number of nitrogens with zero attached hydrogens (tertiary/aromatic N) is 1. The summed E-state index contributed by atoms with van der Waals surface area (Å²) in [5, 5.41) is 0. The number of hydrogen-bond acceptors (Lipinski definition) is 4. The summed E-state index contributed by atoms with van der Waals surface area (Å²) in [6, 6.07) is 7.24. The summed E-state index contributed by atoms with van der Waals surface area (Å²) in [5.74, 6) is 0. The highest BCUT2D eigenvalue weighted by molar-refractivity contribution is 7.89. The average Bonchev–Trinajstić information content (AvgIpc) is 2.58. The topological polar surface area (TPSA) is 58.6 Å². The molecule has 1 saturated heterocycles. The molecule has 0 aliphatic carbocycles. The lowest BCUT2D eigenvalue weighted by molar-refractivity contribution is 0.0376. The Balaban J connectivity index is 1.76. The van der Waals surface area contributed by atoms with Crippen molar-refractivity contribution >= 4 is 10.0 Å². The molecule has 2 rings (SSSR count). The molecule has 0 bridgehead atoms. The van der Waals surface area contributed by atoms with E-state index < -0.39 is 10.0 Å². The Morgan fingerprint density at radius 2 is 1.83 bits per heavy atom. The van der Waals surface area contributed by atoms with Crippen LogP contribution in [0.4, 0.5) is 0 Å². The van der Waals surface area contributed by atoms with E-state index in [4.69, 9.17) is 4.74 Å². The second-order valence-electron chi connectivity index (χ2n) is 5.95. The number of hydrogen-bond donors (Lipinski definition) is 1. The van der Waals surface area contributed by atoms with Crippen molar-refractivity contribution in [3.8, 4) is 0 Å². The van der Waals surface area contributed by atoms with Crippen LogP contribution in [0.3, 0.4) is 0 Å². The molecule has 0 aromatic heterocycles. The second kappa shape index (κ2) is 9.37. The molecule has 0 spiro atoms. The van der Waals surface area contributed by atoms with E-state index in [0.717, 1.165) is 58.5 Å². The van der Waals surface area contributed by atoms with Crippen LogP contribution in [0, 0.1) is 0 Å². The maximum absolute atomic E-state index is 12.3. The van der Waals surface area contributed by atoms with Crippen molar-refractivity contribution in [1.82, 2.24) is 9.62 Å². The van der Waals surface area contributed by atoms with E-state index >= 15 is 0 Å². The van der Waals surface area contributed by atoms with Crippen LogP contribution in [0.5, 0.6) is 0 Å². The SMILES string of the molecule is CCCCc1ccc(S(=O)(=O)NCCCN2CCOCC2)cc1. The van der Waals surface area contributed by atoms with Gasteiger partial charge in [0.1, 0.15) is 0 Å². The Hall–Kier alpha value is -0.950. The van der Waals surface area contributed by atoms with Crippen molar-refractivity contribution in [2.24, 2.45) is 0 Å². The van der Waals surface area contributed by atoms with Gasteiger partial charge in [-0.1, -0.05) is 25.5 Å². The van der Waals surface area contributed by atoms with Crippen LogP contribution in [0.15, 0.2) is 29.2 Å². The highest BCUT2D eigenvalue weighted by Crippen LogP contribution is 2.12. The largest absolute Gasteiger partial charge is 0.379 e. The first-order valence-electron chi connectivity index (χ1n) is 8.50. The third kappa shape index (κ3) is 6.22. The quantitative estimate of drug-likeness (QED) is 0.699. The van der Waals surface area contributed by atoms with Gasteiger partial charge in [0.15, 0.2) is 0 Å². The van der Waals surface area contributed by atoms with Crippen molar-refractivity contribution < 1.29 is 13.2 Å². The lowest BCUT2D eigenvalue weighted by atomic mass is 10.1. The summed E-state index contributed by atoms with van der Waals surface area (Å²) >= 11 is 0. The minimum absolute atomic E-state index is 0.351. The Kier molecular flexibility index (Phi) is 7.49. The molecular weight excluding hydrogens is 312 g/mol. The van der Waals surface area contributed by atoms with Crippen LogP contribution in [0.25, 0.3) is 0 Å². The van der Waals surface area contributed by atoms with Gasteiger partial charge in [0.2, 0.25) is 10.0 Å². The number of unbranched alkanes of at least 4 members (excludes halogenated alkanes) is 1. The molecule has 1 aromatic carbocycles. The number of rotatable bonds is 9. The van der Waals surface area contributed by atoms with Crippen molar-refractivity contribution in [2.75, 3.05) is 39.4 Å². The normalized spacial score (nSPS) is 16.6. The summed E-state index contributed by atoms with van der Waals surface area (Å²) < 4.78 is 32.5. The van der Waals surface area contributed by atoms with E-state index in [9.17, 15) is 8.42 Å². The van der Waals surface area contributed by atoms with Crippen molar-refractivity contribution in [1.29, 1.82) is 0 Å². The molecule has 0 saturated carbocycles. The fourth-order valence-electron chi connectivity index (χ4n) is 2.63. The summed E-state index contributed by atoms with van der Waals surface area (Å²) in [6.07, 6.45) is 4.09. The monoisotopic (exact) mass is 340 g/mol. The molecule has 0 atom stereocenters. The van der Waals surface area contributed by atoms with Crippen molar-refractivity contribution in [3.63, 3.8) is 0 Å². The van der Waals surface area contributed by atoms with Gasteiger partial charge in [-0.3, -0.25) is 4.90 Å². The van der Waals surface area contributed by atoms with Crippen molar-refractivity contribution in [2.45, 2.75) is 37.5 Å².